The molecule has 0 aliphatic carbocycles. The number of thioether (sulfide) groups is 1. The van der Waals surface area contributed by atoms with Crippen LogP contribution >= 0.6 is 23.4 Å². The summed E-state index contributed by atoms with van der Waals surface area (Å²) in [5, 5.41) is 4.00. The lowest BCUT2D eigenvalue weighted by Crippen LogP contribution is -2.23. The molecule has 0 radical (unpaired) electrons. The Morgan fingerprint density at radius 2 is 2.21 bits per heavy atom. The predicted octanol–water partition coefficient (Wildman–Crippen LogP) is 3.59. The highest BCUT2D eigenvalue weighted by atomic mass is 35.5. The Morgan fingerprint density at radius 1 is 1.33 bits per heavy atom. The largest absolute Gasteiger partial charge is 0.325 e. The summed E-state index contributed by atoms with van der Waals surface area (Å²) in [6, 6.07) is 10.8. The maximum Gasteiger partial charge on any atom is 0.234 e. The van der Waals surface area contributed by atoms with Crippen molar-refractivity contribution in [3.05, 3.63) is 47.6 Å². The van der Waals surface area contributed by atoms with Crippen molar-refractivity contribution in [3.8, 4) is 0 Å². The zero-order valence-electron chi connectivity index (χ0n) is 12.9. The fourth-order valence-corrected chi connectivity index (χ4v) is 3.45. The number of nitrogens with zero attached hydrogens (tertiary/aromatic N) is 2. The molecule has 3 rings (SSSR count). The van der Waals surface area contributed by atoms with Crippen LogP contribution < -0.4 is 10.2 Å². The van der Waals surface area contributed by atoms with Gasteiger partial charge in [0.1, 0.15) is 5.03 Å². The van der Waals surface area contributed by atoms with Crippen LogP contribution in [0, 0.1) is 0 Å². The number of amides is 2. The minimum atomic E-state index is -0.147. The highest BCUT2D eigenvalue weighted by Crippen LogP contribution is 2.26. The fourth-order valence-electron chi connectivity index (χ4n) is 2.48. The van der Waals surface area contributed by atoms with Crippen molar-refractivity contribution in [1.82, 2.24) is 4.98 Å². The van der Waals surface area contributed by atoms with Gasteiger partial charge in [0.05, 0.1) is 10.8 Å². The van der Waals surface area contributed by atoms with Crippen LogP contribution in [-0.4, -0.2) is 29.1 Å². The Morgan fingerprint density at radius 3 is 2.96 bits per heavy atom. The van der Waals surface area contributed by atoms with Crippen LogP contribution in [0.3, 0.4) is 0 Å². The van der Waals surface area contributed by atoms with Crippen LogP contribution in [0.2, 0.25) is 5.02 Å². The Hall–Kier alpha value is -2.05. The number of benzene rings is 1. The molecule has 7 heteroatoms. The molecule has 0 saturated carbocycles. The minimum Gasteiger partial charge on any atom is -0.325 e. The van der Waals surface area contributed by atoms with Crippen LogP contribution in [0.4, 0.5) is 11.4 Å². The van der Waals surface area contributed by atoms with Gasteiger partial charge in [0.15, 0.2) is 0 Å². The number of rotatable bonds is 5. The Labute approximate surface area is 149 Å². The predicted molar refractivity (Wildman–Crippen MR) is 96.6 cm³/mol. The Kier molecular flexibility index (Phi) is 5.37. The first-order valence-electron chi connectivity index (χ1n) is 7.57. The third-order valence-corrected chi connectivity index (χ3v) is 5.00. The van der Waals surface area contributed by atoms with Gasteiger partial charge in [0.2, 0.25) is 11.8 Å². The fraction of sp³-hybridized carbons (Fsp3) is 0.235. The maximum absolute atomic E-state index is 12.1. The Bertz CT molecular complexity index is 769. The van der Waals surface area contributed by atoms with Gasteiger partial charge in [-0.3, -0.25) is 9.59 Å². The van der Waals surface area contributed by atoms with E-state index < -0.39 is 0 Å². The van der Waals surface area contributed by atoms with Crippen molar-refractivity contribution >= 4 is 46.6 Å². The van der Waals surface area contributed by atoms with Gasteiger partial charge >= 0.3 is 0 Å². The van der Waals surface area contributed by atoms with Crippen molar-refractivity contribution in [2.75, 3.05) is 22.5 Å². The van der Waals surface area contributed by atoms with E-state index in [1.54, 1.807) is 29.3 Å². The second-order valence-electron chi connectivity index (χ2n) is 5.33. The van der Waals surface area contributed by atoms with E-state index in [2.05, 4.69) is 10.3 Å². The average molecular weight is 362 g/mol. The molecule has 1 aliphatic rings. The van der Waals surface area contributed by atoms with Gasteiger partial charge in [-0.25, -0.2) is 4.98 Å². The number of anilines is 2. The lowest BCUT2D eigenvalue weighted by atomic mass is 10.2. The lowest BCUT2D eigenvalue weighted by molar-refractivity contribution is -0.117. The number of pyridine rings is 1. The smallest absolute Gasteiger partial charge is 0.234 e. The minimum absolute atomic E-state index is 0.124. The first-order valence-corrected chi connectivity index (χ1v) is 8.93. The van der Waals surface area contributed by atoms with Gasteiger partial charge in [-0.05, 0) is 36.8 Å². The van der Waals surface area contributed by atoms with E-state index in [1.165, 1.54) is 11.8 Å². The molecule has 2 heterocycles. The molecule has 1 aromatic carbocycles. The summed E-state index contributed by atoms with van der Waals surface area (Å²) in [5.41, 5.74) is 1.49. The molecular weight excluding hydrogens is 346 g/mol. The average Bonchev–Trinajstić information content (AvgIpc) is 3.00. The number of carbonyl (C=O) groups excluding carboxylic acids is 2. The lowest BCUT2D eigenvalue weighted by Gasteiger charge is -2.16. The molecule has 124 valence electrons. The molecule has 0 atom stereocenters. The topological polar surface area (TPSA) is 62.3 Å². The number of nitrogens with one attached hydrogen (secondary N) is 1. The van der Waals surface area contributed by atoms with Crippen molar-refractivity contribution < 1.29 is 9.59 Å². The molecule has 1 fully saturated rings. The van der Waals surface area contributed by atoms with Crippen molar-refractivity contribution in [1.29, 1.82) is 0 Å². The third kappa shape index (κ3) is 4.07. The molecule has 0 unspecified atom stereocenters. The molecule has 24 heavy (non-hydrogen) atoms. The molecule has 0 spiro atoms. The van der Waals surface area contributed by atoms with Crippen molar-refractivity contribution in [2.24, 2.45) is 0 Å². The molecule has 2 amide bonds. The summed E-state index contributed by atoms with van der Waals surface area (Å²) >= 11 is 7.31. The number of carbonyl (C=O) groups is 2. The summed E-state index contributed by atoms with van der Waals surface area (Å²) in [4.78, 5) is 29.8. The van der Waals surface area contributed by atoms with Crippen LogP contribution in [0.5, 0.6) is 0 Å². The number of hydrogen-bond acceptors (Lipinski definition) is 4. The number of hydrogen-bond donors (Lipinski definition) is 1. The van der Waals surface area contributed by atoms with E-state index in [4.69, 9.17) is 11.6 Å². The molecule has 5 nitrogen and oxygen atoms in total. The first-order chi connectivity index (χ1) is 11.6. The van der Waals surface area contributed by atoms with Gasteiger partial charge < -0.3 is 10.2 Å². The maximum atomic E-state index is 12.1. The molecule has 0 bridgehead atoms. The zero-order chi connectivity index (χ0) is 16.9. The van der Waals surface area contributed by atoms with E-state index in [-0.39, 0.29) is 17.6 Å². The van der Waals surface area contributed by atoms with E-state index >= 15 is 0 Å². The monoisotopic (exact) mass is 361 g/mol. The van der Waals surface area contributed by atoms with Crippen LogP contribution in [0.1, 0.15) is 12.8 Å². The molecule has 1 aliphatic heterocycles. The standard InChI is InChI=1S/C17H16ClN3O2S/c18-14-6-2-8-19-17(14)24-11-15(22)20-12-4-1-5-13(10-12)21-9-3-7-16(21)23/h1-2,4-6,8,10H,3,7,9,11H2,(H,20,22). The zero-order valence-corrected chi connectivity index (χ0v) is 14.4. The quantitative estimate of drug-likeness (QED) is 0.826. The van der Waals surface area contributed by atoms with Crippen LogP contribution in [-0.2, 0) is 9.59 Å². The second kappa shape index (κ2) is 7.68. The number of aromatic nitrogens is 1. The van der Waals surface area contributed by atoms with Crippen molar-refractivity contribution in [3.63, 3.8) is 0 Å². The highest BCUT2D eigenvalue weighted by Gasteiger charge is 2.21. The SMILES string of the molecule is O=C(CSc1ncccc1Cl)Nc1cccc(N2CCCC2=O)c1. The summed E-state index contributed by atoms with van der Waals surface area (Å²) < 4.78 is 0. The highest BCUT2D eigenvalue weighted by molar-refractivity contribution is 8.00. The van der Waals surface area contributed by atoms with Crippen LogP contribution in [0.25, 0.3) is 0 Å². The van der Waals surface area contributed by atoms with Gasteiger partial charge in [-0.2, -0.15) is 0 Å². The third-order valence-electron chi connectivity index (χ3n) is 3.58. The molecule has 2 aromatic rings. The van der Waals surface area contributed by atoms with Gasteiger partial charge in [-0.15, -0.1) is 0 Å². The molecular formula is C17H16ClN3O2S. The summed E-state index contributed by atoms with van der Waals surface area (Å²) in [7, 11) is 0. The van der Waals surface area contributed by atoms with Crippen LogP contribution in [0.15, 0.2) is 47.6 Å². The summed E-state index contributed by atoms with van der Waals surface area (Å²) in [5.74, 6) is 0.189. The van der Waals surface area contributed by atoms with Gasteiger partial charge in [0, 0.05) is 30.5 Å². The molecule has 1 aromatic heterocycles. The summed E-state index contributed by atoms with van der Waals surface area (Å²) in [6.07, 6.45) is 3.09. The van der Waals surface area contributed by atoms with E-state index in [1.807, 2.05) is 18.2 Å². The summed E-state index contributed by atoms with van der Waals surface area (Å²) in [6.45, 7) is 0.726. The second-order valence-corrected chi connectivity index (χ2v) is 6.70. The number of halogens is 1. The molecule has 1 saturated heterocycles. The first kappa shape index (κ1) is 16.8. The van der Waals surface area contributed by atoms with E-state index in [9.17, 15) is 9.59 Å². The Balaban J connectivity index is 1.60. The molecule has 1 N–H and O–H groups in total. The van der Waals surface area contributed by atoms with Gasteiger partial charge in [0.25, 0.3) is 0 Å². The van der Waals surface area contributed by atoms with E-state index in [0.717, 1.165) is 18.7 Å². The normalized spacial score (nSPS) is 14.0. The van der Waals surface area contributed by atoms with E-state index in [0.29, 0.717) is 22.2 Å². The van der Waals surface area contributed by atoms with Gasteiger partial charge in [-0.1, -0.05) is 29.4 Å². The van der Waals surface area contributed by atoms with Crippen molar-refractivity contribution in [2.45, 2.75) is 17.9 Å².